The number of hydrogen-bond donors (Lipinski definition) is 1. The highest BCUT2D eigenvalue weighted by atomic mass is 35.5. The largest absolute Gasteiger partial charge is 0.497 e. The van der Waals surface area contributed by atoms with E-state index < -0.39 is 44.0 Å². The first-order chi connectivity index (χ1) is 21.8. The number of aryl methyl sites for hydroxylation is 1. The number of sulfonamides is 1. The number of carbonyl (C=O) groups is 2. The SMILES string of the molecule is COc1ccc(CN(C(=O)CN(c2cc(Cl)ccc2OC)S(=O)(=O)c2ccc(C)c([N+](=O)[O-])c2)C(C)C(=O)NC2CCCC2)cc1. The molecular formula is C32H37ClN4O8S. The third-order valence-electron chi connectivity index (χ3n) is 8.03. The number of amides is 2. The van der Waals surface area contributed by atoms with Crippen molar-refractivity contribution in [3.63, 3.8) is 0 Å². The molecule has 3 aromatic carbocycles. The van der Waals surface area contributed by atoms with Gasteiger partial charge in [-0.2, -0.15) is 0 Å². The summed E-state index contributed by atoms with van der Waals surface area (Å²) in [6, 6.07) is 13.8. The highest BCUT2D eigenvalue weighted by Gasteiger charge is 2.35. The fourth-order valence-corrected chi connectivity index (χ4v) is 6.95. The van der Waals surface area contributed by atoms with E-state index >= 15 is 0 Å². The molecule has 0 spiro atoms. The van der Waals surface area contributed by atoms with Gasteiger partial charge in [-0.05, 0) is 68.7 Å². The summed E-state index contributed by atoms with van der Waals surface area (Å²) >= 11 is 6.28. The molecule has 1 saturated carbocycles. The number of nitrogens with zero attached hydrogens (tertiary/aromatic N) is 3. The van der Waals surface area contributed by atoms with Gasteiger partial charge in [0.25, 0.3) is 15.7 Å². The number of hydrogen-bond acceptors (Lipinski definition) is 8. The number of benzene rings is 3. The first kappa shape index (κ1) is 34.5. The fourth-order valence-electron chi connectivity index (χ4n) is 5.35. The second kappa shape index (κ2) is 14.8. The van der Waals surface area contributed by atoms with Gasteiger partial charge in [0.15, 0.2) is 0 Å². The number of methoxy groups -OCH3 is 2. The summed E-state index contributed by atoms with van der Waals surface area (Å²) in [7, 11) is -1.76. The van der Waals surface area contributed by atoms with Crippen LogP contribution in [-0.4, -0.2) is 62.9 Å². The Kier molecular flexibility index (Phi) is 11.1. The zero-order chi connectivity index (χ0) is 33.6. The monoisotopic (exact) mass is 672 g/mol. The highest BCUT2D eigenvalue weighted by molar-refractivity contribution is 7.92. The average Bonchev–Trinajstić information content (AvgIpc) is 3.55. The second-order valence-corrected chi connectivity index (χ2v) is 13.4. The van der Waals surface area contributed by atoms with Crippen LogP contribution in [0.2, 0.25) is 5.02 Å². The molecule has 3 aromatic rings. The van der Waals surface area contributed by atoms with Crippen molar-refractivity contribution in [3.05, 3.63) is 86.9 Å². The van der Waals surface area contributed by atoms with E-state index in [0.29, 0.717) is 11.3 Å². The van der Waals surface area contributed by atoms with Crippen LogP contribution in [0.25, 0.3) is 0 Å². The van der Waals surface area contributed by atoms with Gasteiger partial charge in [0.1, 0.15) is 24.1 Å². The van der Waals surface area contributed by atoms with Crippen LogP contribution in [0.3, 0.4) is 0 Å². The predicted octanol–water partition coefficient (Wildman–Crippen LogP) is 5.25. The molecule has 0 aromatic heterocycles. The van der Waals surface area contributed by atoms with E-state index in [-0.39, 0.29) is 40.5 Å². The molecule has 12 nitrogen and oxygen atoms in total. The lowest BCUT2D eigenvalue weighted by Crippen LogP contribution is -2.52. The van der Waals surface area contributed by atoms with Crippen molar-refractivity contribution < 1.29 is 32.4 Å². The second-order valence-electron chi connectivity index (χ2n) is 11.1. The number of rotatable bonds is 13. The van der Waals surface area contributed by atoms with Gasteiger partial charge in [-0.25, -0.2) is 8.42 Å². The Bertz CT molecular complexity index is 1690. The fraction of sp³-hybridized carbons (Fsp3) is 0.375. The third kappa shape index (κ3) is 7.88. The van der Waals surface area contributed by atoms with Crippen LogP contribution in [0.5, 0.6) is 11.5 Å². The van der Waals surface area contributed by atoms with E-state index in [4.69, 9.17) is 21.1 Å². The topological polar surface area (TPSA) is 148 Å². The van der Waals surface area contributed by atoms with Crippen LogP contribution in [0.4, 0.5) is 11.4 Å². The Balaban J connectivity index is 1.78. The third-order valence-corrected chi connectivity index (χ3v) is 10.0. The van der Waals surface area contributed by atoms with Crippen LogP contribution >= 0.6 is 11.6 Å². The van der Waals surface area contributed by atoms with Crippen molar-refractivity contribution in [2.45, 2.75) is 63.1 Å². The standard InChI is InChI=1S/C32H37ClN4O8S/c1-21-9-15-27(18-28(21)37(40)41)46(42,43)36(29-17-24(33)12-16-30(29)45-4)20-31(38)35(19-23-10-13-26(44-3)14-11-23)22(2)32(39)34-25-7-5-6-8-25/h9-18,22,25H,5-8,19-20H2,1-4H3,(H,34,39). The van der Waals surface area contributed by atoms with Gasteiger partial charge in [-0.3, -0.25) is 24.0 Å². The number of ether oxygens (including phenoxy) is 2. The number of anilines is 1. The number of halogens is 1. The molecule has 14 heteroatoms. The molecule has 0 heterocycles. The molecule has 1 atom stereocenters. The molecule has 0 saturated heterocycles. The number of carbonyl (C=O) groups excluding carboxylic acids is 2. The molecule has 1 aliphatic rings. The maximum absolute atomic E-state index is 14.3. The Morgan fingerprint density at radius 2 is 1.72 bits per heavy atom. The molecular weight excluding hydrogens is 636 g/mol. The predicted molar refractivity (Wildman–Crippen MR) is 174 cm³/mol. The first-order valence-corrected chi connectivity index (χ1v) is 16.5. The van der Waals surface area contributed by atoms with Crippen LogP contribution in [0.1, 0.15) is 43.7 Å². The van der Waals surface area contributed by atoms with Crippen LogP contribution in [-0.2, 0) is 26.2 Å². The zero-order valence-corrected chi connectivity index (χ0v) is 27.6. The van der Waals surface area contributed by atoms with Crippen LogP contribution < -0.4 is 19.1 Å². The van der Waals surface area contributed by atoms with Crippen molar-refractivity contribution in [1.29, 1.82) is 0 Å². The van der Waals surface area contributed by atoms with Crippen molar-refractivity contribution in [1.82, 2.24) is 10.2 Å². The highest BCUT2D eigenvalue weighted by Crippen LogP contribution is 2.36. The minimum absolute atomic E-state index is 0.00202. The minimum atomic E-state index is -4.63. The Hall–Kier alpha value is -4.36. The number of nitro groups is 1. The van der Waals surface area contributed by atoms with Gasteiger partial charge < -0.3 is 19.7 Å². The summed E-state index contributed by atoms with van der Waals surface area (Å²) in [4.78, 5) is 39.6. The van der Waals surface area contributed by atoms with Crippen molar-refractivity contribution in [2.24, 2.45) is 0 Å². The van der Waals surface area contributed by atoms with Gasteiger partial charge in [0.2, 0.25) is 11.8 Å². The zero-order valence-electron chi connectivity index (χ0n) is 26.1. The quantitative estimate of drug-likeness (QED) is 0.191. The lowest BCUT2D eigenvalue weighted by atomic mass is 10.1. The molecule has 4 rings (SSSR count). The van der Waals surface area contributed by atoms with Gasteiger partial charge in [-0.15, -0.1) is 0 Å². The summed E-state index contributed by atoms with van der Waals surface area (Å²) in [6.45, 7) is 2.30. The molecule has 1 unspecified atom stereocenters. The van der Waals surface area contributed by atoms with Gasteiger partial charge in [0.05, 0.1) is 29.7 Å². The summed E-state index contributed by atoms with van der Waals surface area (Å²) in [5, 5.41) is 14.9. The van der Waals surface area contributed by atoms with E-state index in [1.807, 2.05) is 0 Å². The normalized spacial score (nSPS) is 13.9. The average molecular weight is 673 g/mol. The van der Waals surface area contributed by atoms with E-state index in [1.54, 1.807) is 31.2 Å². The summed E-state index contributed by atoms with van der Waals surface area (Å²) in [5.41, 5.74) is 0.487. The Labute approximate surface area is 273 Å². The van der Waals surface area contributed by atoms with Gasteiger partial charge in [0, 0.05) is 29.2 Å². The van der Waals surface area contributed by atoms with E-state index in [2.05, 4.69) is 5.32 Å². The molecule has 0 radical (unpaired) electrons. The summed E-state index contributed by atoms with van der Waals surface area (Å²) < 4.78 is 40.0. The smallest absolute Gasteiger partial charge is 0.273 e. The maximum atomic E-state index is 14.3. The molecule has 1 aliphatic carbocycles. The van der Waals surface area contributed by atoms with Gasteiger partial charge >= 0.3 is 0 Å². The molecule has 1 fully saturated rings. The Morgan fingerprint density at radius 1 is 1.04 bits per heavy atom. The van der Waals surface area contributed by atoms with Crippen LogP contribution in [0, 0.1) is 17.0 Å². The number of nitrogens with one attached hydrogen (secondary N) is 1. The molecule has 246 valence electrons. The van der Waals surface area contributed by atoms with E-state index in [0.717, 1.165) is 36.1 Å². The lowest BCUT2D eigenvalue weighted by molar-refractivity contribution is -0.385. The van der Waals surface area contributed by atoms with Crippen molar-refractivity contribution in [3.8, 4) is 11.5 Å². The minimum Gasteiger partial charge on any atom is -0.497 e. The molecule has 46 heavy (non-hydrogen) atoms. The van der Waals surface area contributed by atoms with Crippen molar-refractivity contribution >= 4 is 44.8 Å². The molecule has 2 amide bonds. The lowest BCUT2D eigenvalue weighted by Gasteiger charge is -2.33. The van der Waals surface area contributed by atoms with Crippen molar-refractivity contribution in [2.75, 3.05) is 25.1 Å². The van der Waals surface area contributed by atoms with E-state index in [9.17, 15) is 28.1 Å². The maximum Gasteiger partial charge on any atom is 0.273 e. The van der Waals surface area contributed by atoms with Gasteiger partial charge in [-0.1, -0.05) is 42.6 Å². The van der Waals surface area contributed by atoms with Crippen LogP contribution in [0.15, 0.2) is 65.6 Å². The molecule has 0 bridgehead atoms. The number of nitro benzene ring substituents is 1. The van der Waals surface area contributed by atoms with E-state index in [1.165, 1.54) is 56.4 Å². The molecule has 1 N–H and O–H groups in total. The summed E-state index contributed by atoms with van der Waals surface area (Å²) in [5.74, 6) is -0.364. The first-order valence-electron chi connectivity index (χ1n) is 14.7. The Morgan fingerprint density at radius 3 is 2.33 bits per heavy atom. The summed E-state index contributed by atoms with van der Waals surface area (Å²) in [6.07, 6.45) is 3.68. The molecule has 0 aliphatic heterocycles.